The molecule has 0 heterocycles. The molecule has 0 aromatic heterocycles. The maximum atomic E-state index is 11.9. The van der Waals surface area contributed by atoms with Gasteiger partial charge >= 0.3 is 11.9 Å². The minimum atomic E-state index is -1.23. The molecular weight excluding hydrogens is 328 g/mol. The lowest BCUT2D eigenvalue weighted by Gasteiger charge is -2.21. The lowest BCUT2D eigenvalue weighted by Crippen LogP contribution is -2.51. The molecule has 4 atom stereocenters. The monoisotopic (exact) mass is 354 g/mol. The molecule has 2 bridgehead atoms. The minimum Gasteiger partial charge on any atom is -0.481 e. The Bertz CT molecular complexity index is 547. The number of ether oxygens (including phenoxy) is 2. The van der Waals surface area contributed by atoms with Gasteiger partial charge in [-0.25, -0.2) is 4.79 Å². The van der Waals surface area contributed by atoms with E-state index < -0.39 is 36.4 Å². The average Bonchev–Trinajstić information content (AvgIpc) is 3.18. The summed E-state index contributed by atoms with van der Waals surface area (Å²) in [7, 11) is 1.21. The zero-order valence-corrected chi connectivity index (χ0v) is 14.4. The highest BCUT2D eigenvalue weighted by atomic mass is 16.5. The molecule has 4 N–H and O–H groups in total. The number of carbonyl (C=O) groups is 3. The summed E-state index contributed by atoms with van der Waals surface area (Å²) < 4.78 is 10.2. The van der Waals surface area contributed by atoms with Crippen LogP contribution in [-0.4, -0.2) is 55.4 Å². The smallest absolute Gasteiger partial charge is 0.330 e. The minimum absolute atomic E-state index is 0.0295. The first-order valence-electron chi connectivity index (χ1n) is 8.52. The Labute approximate surface area is 146 Å². The van der Waals surface area contributed by atoms with Crippen molar-refractivity contribution in [2.24, 2.45) is 17.6 Å². The molecule has 2 aliphatic carbocycles. The molecular formula is C17H26N2O6. The number of carboxylic acids is 1. The summed E-state index contributed by atoms with van der Waals surface area (Å²) >= 11 is 0. The summed E-state index contributed by atoms with van der Waals surface area (Å²) in [6.45, 7) is 0.470. The molecule has 0 aromatic rings. The van der Waals surface area contributed by atoms with E-state index in [0.29, 0.717) is 12.5 Å². The summed E-state index contributed by atoms with van der Waals surface area (Å²) in [5, 5.41) is 11.1. The van der Waals surface area contributed by atoms with Gasteiger partial charge in [0.05, 0.1) is 26.2 Å². The molecule has 2 unspecified atom stereocenters. The third-order valence-electron chi connectivity index (χ3n) is 4.88. The van der Waals surface area contributed by atoms with Gasteiger partial charge < -0.3 is 25.6 Å². The fourth-order valence-corrected chi connectivity index (χ4v) is 3.49. The van der Waals surface area contributed by atoms with Crippen molar-refractivity contribution < 1.29 is 29.0 Å². The van der Waals surface area contributed by atoms with Crippen molar-refractivity contribution in [1.29, 1.82) is 0 Å². The van der Waals surface area contributed by atoms with Crippen molar-refractivity contribution >= 4 is 17.8 Å². The molecule has 8 heteroatoms. The van der Waals surface area contributed by atoms with Gasteiger partial charge in [0.1, 0.15) is 0 Å². The van der Waals surface area contributed by atoms with E-state index in [-0.39, 0.29) is 6.61 Å². The molecule has 25 heavy (non-hydrogen) atoms. The van der Waals surface area contributed by atoms with Crippen LogP contribution in [0.15, 0.2) is 11.6 Å². The number of allylic oxidation sites excluding steroid dienone is 2. The second-order valence-corrected chi connectivity index (χ2v) is 6.68. The second kappa shape index (κ2) is 8.96. The Morgan fingerprint density at radius 2 is 2.16 bits per heavy atom. The molecule has 140 valence electrons. The first kappa shape index (κ1) is 19.4. The lowest BCUT2D eigenvalue weighted by molar-refractivity contribution is -0.147. The van der Waals surface area contributed by atoms with Gasteiger partial charge in [-0.15, -0.1) is 0 Å². The highest BCUT2D eigenvalue weighted by Crippen LogP contribution is 2.45. The lowest BCUT2D eigenvalue weighted by atomic mass is 9.89. The van der Waals surface area contributed by atoms with Gasteiger partial charge in [0.2, 0.25) is 5.91 Å². The van der Waals surface area contributed by atoms with Crippen LogP contribution in [0, 0.1) is 11.8 Å². The van der Waals surface area contributed by atoms with Crippen molar-refractivity contribution in [3.8, 4) is 0 Å². The van der Waals surface area contributed by atoms with Gasteiger partial charge in [0, 0.05) is 6.61 Å². The van der Waals surface area contributed by atoms with E-state index in [0.717, 1.165) is 25.2 Å². The number of nitrogens with two attached hydrogens (primary N) is 1. The Kier molecular flexibility index (Phi) is 6.95. The van der Waals surface area contributed by atoms with Crippen LogP contribution in [0.5, 0.6) is 0 Å². The third-order valence-corrected chi connectivity index (χ3v) is 4.88. The van der Waals surface area contributed by atoms with E-state index in [1.54, 1.807) is 5.57 Å². The summed E-state index contributed by atoms with van der Waals surface area (Å²) in [6.07, 6.45) is 6.22. The van der Waals surface area contributed by atoms with Crippen LogP contribution >= 0.6 is 0 Å². The van der Waals surface area contributed by atoms with Crippen molar-refractivity contribution in [3.05, 3.63) is 11.6 Å². The largest absolute Gasteiger partial charge is 0.481 e. The maximum Gasteiger partial charge on any atom is 0.330 e. The molecule has 0 spiro atoms. The highest BCUT2D eigenvalue weighted by molar-refractivity contribution is 5.89. The van der Waals surface area contributed by atoms with Crippen LogP contribution < -0.4 is 11.1 Å². The quantitative estimate of drug-likeness (QED) is 0.291. The van der Waals surface area contributed by atoms with Crippen molar-refractivity contribution in [1.82, 2.24) is 5.32 Å². The summed E-state index contributed by atoms with van der Waals surface area (Å²) in [5.74, 6) is -1.20. The van der Waals surface area contributed by atoms with Crippen molar-refractivity contribution in [2.45, 2.75) is 44.2 Å². The first-order valence-corrected chi connectivity index (χ1v) is 8.52. The topological polar surface area (TPSA) is 128 Å². The summed E-state index contributed by atoms with van der Waals surface area (Å²) in [4.78, 5) is 34.2. The Hall–Kier alpha value is -1.93. The summed E-state index contributed by atoms with van der Waals surface area (Å²) in [5.41, 5.74) is 7.03. The van der Waals surface area contributed by atoms with Crippen molar-refractivity contribution in [3.63, 3.8) is 0 Å². The second-order valence-electron chi connectivity index (χ2n) is 6.68. The van der Waals surface area contributed by atoms with Crippen LogP contribution in [0.2, 0.25) is 0 Å². The number of hydrogen-bond acceptors (Lipinski definition) is 6. The number of carbonyl (C=O) groups excluding carboxylic acids is 2. The number of esters is 1. The highest BCUT2D eigenvalue weighted by Gasteiger charge is 2.33. The number of amides is 1. The number of nitrogens with one attached hydrogen (secondary N) is 1. The van der Waals surface area contributed by atoms with Crippen molar-refractivity contribution in [2.75, 3.05) is 20.3 Å². The normalized spacial score (nSPS) is 23.7. The Balaban J connectivity index is 1.73. The van der Waals surface area contributed by atoms with Crippen LogP contribution in [0.4, 0.5) is 0 Å². The van der Waals surface area contributed by atoms with E-state index in [1.807, 2.05) is 0 Å². The van der Waals surface area contributed by atoms with E-state index >= 15 is 0 Å². The molecule has 0 aromatic carbocycles. The molecule has 1 amide bonds. The standard InChI is InChI=1S/C17H26N2O6/c1-24-17(23)14(19-16(22)13(18)8-15(20)21)9-25-5-4-12-7-10-2-3-11(12)6-10/h2,11-14H,3-9,18H2,1H3,(H,19,22)(H,20,21)/t11?,12?,13-,14-/m0/s1. The predicted molar refractivity (Wildman–Crippen MR) is 88.5 cm³/mol. The predicted octanol–water partition coefficient (Wildman–Crippen LogP) is 0.209. The van der Waals surface area contributed by atoms with Crippen LogP contribution in [-0.2, 0) is 23.9 Å². The number of aliphatic carboxylic acids is 1. The average molecular weight is 354 g/mol. The molecule has 8 nitrogen and oxygen atoms in total. The van der Waals surface area contributed by atoms with Gasteiger partial charge in [-0.3, -0.25) is 9.59 Å². The Morgan fingerprint density at radius 3 is 2.72 bits per heavy atom. The fraction of sp³-hybridized carbons (Fsp3) is 0.706. The van der Waals surface area contributed by atoms with Crippen LogP contribution in [0.25, 0.3) is 0 Å². The number of carboxylic acid groups (broad SMARTS) is 1. The van der Waals surface area contributed by atoms with Crippen LogP contribution in [0.1, 0.15) is 32.1 Å². The molecule has 1 fully saturated rings. The molecule has 2 rings (SSSR count). The number of fused-ring (bicyclic) bond motifs is 2. The maximum absolute atomic E-state index is 11.9. The Morgan fingerprint density at radius 1 is 1.40 bits per heavy atom. The van der Waals surface area contributed by atoms with Gasteiger partial charge in [0.25, 0.3) is 0 Å². The summed E-state index contributed by atoms with van der Waals surface area (Å²) in [6, 6.07) is -2.23. The molecule has 0 radical (unpaired) electrons. The van der Waals surface area contributed by atoms with E-state index in [4.69, 9.17) is 15.6 Å². The van der Waals surface area contributed by atoms with Gasteiger partial charge in [-0.1, -0.05) is 11.6 Å². The SMILES string of the molecule is COC(=O)[C@H](COCCC1CC2=CCC1C2)NC(=O)[C@@H](N)CC(=O)O. The molecule has 1 saturated carbocycles. The fourth-order valence-electron chi connectivity index (χ4n) is 3.49. The third kappa shape index (κ3) is 5.54. The van der Waals surface area contributed by atoms with Crippen LogP contribution in [0.3, 0.4) is 0 Å². The number of methoxy groups -OCH3 is 1. The van der Waals surface area contributed by atoms with Gasteiger partial charge in [-0.2, -0.15) is 0 Å². The van der Waals surface area contributed by atoms with E-state index in [2.05, 4.69) is 16.1 Å². The molecule has 0 saturated heterocycles. The molecule has 2 aliphatic rings. The number of rotatable bonds is 10. The number of hydrogen-bond donors (Lipinski definition) is 3. The van der Waals surface area contributed by atoms with E-state index in [1.165, 1.54) is 13.5 Å². The van der Waals surface area contributed by atoms with Gasteiger partial charge in [-0.05, 0) is 37.5 Å². The molecule has 0 aliphatic heterocycles. The zero-order valence-electron chi connectivity index (χ0n) is 14.4. The van der Waals surface area contributed by atoms with E-state index in [9.17, 15) is 14.4 Å². The first-order chi connectivity index (χ1) is 11.9. The zero-order chi connectivity index (χ0) is 18.4. The van der Waals surface area contributed by atoms with Gasteiger partial charge in [0.15, 0.2) is 6.04 Å².